The zero-order chi connectivity index (χ0) is 20.3. The summed E-state index contributed by atoms with van der Waals surface area (Å²) < 4.78 is 31.8. The number of amides is 1. The summed E-state index contributed by atoms with van der Waals surface area (Å²) in [5.74, 6) is -0.568. The van der Waals surface area contributed by atoms with Crippen molar-refractivity contribution in [2.24, 2.45) is 0 Å². The second kappa shape index (κ2) is 8.38. The van der Waals surface area contributed by atoms with E-state index in [9.17, 15) is 18.3 Å². The van der Waals surface area contributed by atoms with Crippen LogP contribution in [0, 0.1) is 0 Å². The Kier molecular flexibility index (Phi) is 6.12. The van der Waals surface area contributed by atoms with Crippen molar-refractivity contribution in [2.75, 3.05) is 25.0 Å². The number of sulfonamides is 1. The molecule has 2 N–H and O–H groups in total. The van der Waals surface area contributed by atoms with Crippen molar-refractivity contribution < 1.29 is 23.1 Å². The Morgan fingerprint density at radius 2 is 1.86 bits per heavy atom. The van der Waals surface area contributed by atoms with Gasteiger partial charge < -0.3 is 15.2 Å². The second-order valence-corrected chi connectivity index (χ2v) is 8.67. The van der Waals surface area contributed by atoms with Crippen LogP contribution in [-0.2, 0) is 10.0 Å². The van der Waals surface area contributed by atoms with Gasteiger partial charge in [0, 0.05) is 24.3 Å². The summed E-state index contributed by atoms with van der Waals surface area (Å²) in [5, 5.41) is 12.6. The van der Waals surface area contributed by atoms with E-state index in [1.165, 1.54) is 40.7 Å². The summed E-state index contributed by atoms with van der Waals surface area (Å²) in [6, 6.07) is 8.74. The van der Waals surface area contributed by atoms with Crippen LogP contribution in [-0.4, -0.2) is 43.4 Å². The maximum Gasteiger partial charge on any atom is 0.255 e. The van der Waals surface area contributed by atoms with E-state index in [0.29, 0.717) is 25.4 Å². The van der Waals surface area contributed by atoms with Gasteiger partial charge in [0.25, 0.3) is 5.91 Å². The Labute approximate surface area is 168 Å². The van der Waals surface area contributed by atoms with Gasteiger partial charge in [-0.1, -0.05) is 11.6 Å². The number of nitrogens with zero attached hydrogens (tertiary/aromatic N) is 1. The molecule has 28 heavy (non-hydrogen) atoms. The van der Waals surface area contributed by atoms with E-state index in [2.05, 4.69) is 5.32 Å². The molecule has 0 unspecified atom stereocenters. The third-order valence-corrected chi connectivity index (χ3v) is 6.61. The maximum absolute atomic E-state index is 12.5. The maximum atomic E-state index is 12.5. The number of nitrogens with one attached hydrogen (secondary N) is 1. The Morgan fingerprint density at radius 3 is 2.46 bits per heavy atom. The molecule has 1 saturated heterocycles. The number of benzene rings is 2. The predicted molar refractivity (Wildman–Crippen MR) is 107 cm³/mol. The Balaban J connectivity index is 1.76. The highest BCUT2D eigenvalue weighted by Crippen LogP contribution is 2.35. The fourth-order valence-corrected chi connectivity index (χ4v) is 4.69. The quantitative estimate of drug-likeness (QED) is 0.740. The highest BCUT2D eigenvalue weighted by Gasteiger charge is 2.27. The van der Waals surface area contributed by atoms with Crippen molar-refractivity contribution >= 4 is 33.2 Å². The SMILES string of the molecule is CCOc1cc(C(=O)Nc2ccc(S(=O)(=O)N3CCCC3)cc2)cc(Cl)c1O. The molecule has 0 aliphatic carbocycles. The number of halogens is 1. The number of rotatable bonds is 6. The number of anilines is 1. The van der Waals surface area contributed by atoms with Gasteiger partial charge in [0.15, 0.2) is 11.5 Å². The molecular weight excluding hydrogens is 404 g/mol. The first-order valence-electron chi connectivity index (χ1n) is 8.90. The molecule has 2 aromatic carbocycles. The van der Waals surface area contributed by atoms with Crippen molar-refractivity contribution in [1.29, 1.82) is 0 Å². The Morgan fingerprint density at radius 1 is 1.21 bits per heavy atom. The van der Waals surface area contributed by atoms with E-state index < -0.39 is 15.9 Å². The molecule has 2 aromatic rings. The lowest BCUT2D eigenvalue weighted by molar-refractivity contribution is 0.102. The van der Waals surface area contributed by atoms with E-state index in [1.807, 2.05) is 0 Å². The van der Waals surface area contributed by atoms with Crippen LogP contribution in [0.1, 0.15) is 30.1 Å². The highest BCUT2D eigenvalue weighted by molar-refractivity contribution is 7.89. The lowest BCUT2D eigenvalue weighted by Crippen LogP contribution is -2.27. The number of ether oxygens (including phenoxy) is 1. The molecule has 0 radical (unpaired) electrons. The van der Waals surface area contributed by atoms with Crippen LogP contribution >= 0.6 is 11.6 Å². The van der Waals surface area contributed by atoms with Crippen LogP contribution in [0.5, 0.6) is 11.5 Å². The highest BCUT2D eigenvalue weighted by atomic mass is 35.5. The lowest BCUT2D eigenvalue weighted by Gasteiger charge is -2.15. The molecule has 0 atom stereocenters. The average Bonchev–Trinajstić information content (AvgIpc) is 3.21. The Bertz CT molecular complexity index is 971. The summed E-state index contributed by atoms with van der Waals surface area (Å²) in [4.78, 5) is 12.7. The van der Waals surface area contributed by atoms with Crippen LogP contribution in [0.3, 0.4) is 0 Å². The van der Waals surface area contributed by atoms with Gasteiger partial charge in [-0.2, -0.15) is 4.31 Å². The fraction of sp³-hybridized carbons (Fsp3) is 0.316. The fourth-order valence-electron chi connectivity index (χ4n) is 2.96. The minimum Gasteiger partial charge on any atom is -0.503 e. The van der Waals surface area contributed by atoms with Crippen LogP contribution in [0.15, 0.2) is 41.3 Å². The van der Waals surface area contributed by atoms with E-state index in [-0.39, 0.29) is 27.0 Å². The molecule has 0 aromatic heterocycles. The molecule has 1 aliphatic heterocycles. The van der Waals surface area contributed by atoms with Gasteiger partial charge in [-0.05, 0) is 56.2 Å². The molecule has 1 amide bonds. The van der Waals surface area contributed by atoms with Crippen LogP contribution in [0.2, 0.25) is 5.02 Å². The van der Waals surface area contributed by atoms with E-state index in [0.717, 1.165) is 12.8 Å². The van der Waals surface area contributed by atoms with Crippen molar-refractivity contribution in [3.05, 3.63) is 47.0 Å². The molecule has 0 spiro atoms. The van der Waals surface area contributed by atoms with Gasteiger partial charge in [0.1, 0.15) is 0 Å². The van der Waals surface area contributed by atoms with Gasteiger partial charge in [-0.3, -0.25) is 4.79 Å². The number of phenols is 1. The standard InChI is InChI=1S/C19H21ClN2O5S/c1-2-27-17-12-13(11-16(20)18(17)23)19(24)21-14-5-7-15(8-6-14)28(25,26)22-9-3-4-10-22/h5-8,11-12,23H,2-4,9-10H2,1H3,(H,21,24). The minimum absolute atomic E-state index is 0.00292. The summed E-state index contributed by atoms with van der Waals surface area (Å²) in [5.41, 5.74) is 0.646. The molecule has 1 fully saturated rings. The van der Waals surface area contributed by atoms with Gasteiger partial charge in [-0.25, -0.2) is 8.42 Å². The average molecular weight is 425 g/mol. The van der Waals surface area contributed by atoms with Gasteiger partial charge in [0.05, 0.1) is 16.5 Å². The van der Waals surface area contributed by atoms with E-state index in [1.54, 1.807) is 6.92 Å². The molecule has 1 aliphatic rings. The zero-order valence-electron chi connectivity index (χ0n) is 15.3. The van der Waals surface area contributed by atoms with Crippen molar-refractivity contribution in [3.8, 4) is 11.5 Å². The predicted octanol–water partition coefficient (Wildman–Crippen LogP) is 3.48. The van der Waals surface area contributed by atoms with E-state index in [4.69, 9.17) is 16.3 Å². The Hall–Kier alpha value is -2.29. The minimum atomic E-state index is -3.50. The first-order valence-corrected chi connectivity index (χ1v) is 10.7. The second-order valence-electron chi connectivity index (χ2n) is 6.33. The molecule has 9 heteroatoms. The third-order valence-electron chi connectivity index (χ3n) is 4.41. The number of aromatic hydroxyl groups is 1. The van der Waals surface area contributed by atoms with Gasteiger partial charge in [0.2, 0.25) is 10.0 Å². The monoisotopic (exact) mass is 424 g/mol. The van der Waals surface area contributed by atoms with Gasteiger partial charge >= 0.3 is 0 Å². The molecular formula is C19H21ClN2O5S. The zero-order valence-corrected chi connectivity index (χ0v) is 16.9. The van der Waals surface area contributed by atoms with Crippen LogP contribution in [0.4, 0.5) is 5.69 Å². The first kappa shape index (κ1) is 20.4. The lowest BCUT2D eigenvalue weighted by atomic mass is 10.1. The molecule has 1 heterocycles. The van der Waals surface area contributed by atoms with Crippen molar-refractivity contribution in [3.63, 3.8) is 0 Å². The summed E-state index contributed by atoms with van der Waals surface area (Å²) in [6.07, 6.45) is 1.73. The molecule has 0 saturated carbocycles. The van der Waals surface area contributed by atoms with E-state index >= 15 is 0 Å². The molecule has 0 bridgehead atoms. The van der Waals surface area contributed by atoms with Crippen molar-refractivity contribution in [2.45, 2.75) is 24.7 Å². The summed E-state index contributed by atoms with van der Waals surface area (Å²) in [7, 11) is -3.50. The number of phenolic OH excluding ortho intramolecular Hbond substituents is 1. The largest absolute Gasteiger partial charge is 0.503 e. The van der Waals surface area contributed by atoms with Crippen molar-refractivity contribution in [1.82, 2.24) is 4.31 Å². The first-order chi connectivity index (χ1) is 13.3. The molecule has 150 valence electrons. The van der Waals surface area contributed by atoms with Crippen LogP contribution < -0.4 is 10.1 Å². The number of carbonyl (C=O) groups is 1. The summed E-state index contributed by atoms with van der Waals surface area (Å²) in [6.45, 7) is 3.12. The number of hydrogen-bond donors (Lipinski definition) is 2. The van der Waals surface area contributed by atoms with Gasteiger partial charge in [-0.15, -0.1) is 0 Å². The smallest absolute Gasteiger partial charge is 0.255 e. The summed E-state index contributed by atoms with van der Waals surface area (Å²) >= 11 is 5.95. The number of hydrogen-bond acceptors (Lipinski definition) is 5. The third kappa shape index (κ3) is 4.24. The topological polar surface area (TPSA) is 95.9 Å². The van der Waals surface area contributed by atoms with Crippen LogP contribution in [0.25, 0.3) is 0 Å². The number of carbonyl (C=O) groups excluding carboxylic acids is 1. The normalized spacial score (nSPS) is 14.8. The molecule has 7 nitrogen and oxygen atoms in total. The molecule has 3 rings (SSSR count).